The molecule has 156 valence electrons. The van der Waals surface area contributed by atoms with Gasteiger partial charge < -0.3 is 14.6 Å². The van der Waals surface area contributed by atoms with Crippen molar-refractivity contribution in [2.45, 2.75) is 12.8 Å². The third kappa shape index (κ3) is 4.83. The number of nitrogens with one attached hydrogen (secondary N) is 1. The Bertz CT molecular complexity index is 1060. The number of carboxylic acid groups (broad SMARTS) is 1. The van der Waals surface area contributed by atoms with Crippen molar-refractivity contribution in [3.8, 4) is 22.8 Å². The molecule has 0 saturated carbocycles. The molecule has 0 aliphatic carbocycles. The van der Waals surface area contributed by atoms with Crippen molar-refractivity contribution >= 4 is 27.8 Å². The van der Waals surface area contributed by atoms with Gasteiger partial charge in [-0.15, -0.1) is 0 Å². The first-order valence-corrected chi connectivity index (χ1v) is 9.94. The highest BCUT2D eigenvalue weighted by molar-refractivity contribution is 9.10. The highest BCUT2D eigenvalue weighted by atomic mass is 79.9. The molecule has 0 fully saturated rings. The van der Waals surface area contributed by atoms with E-state index in [1.165, 1.54) is 14.2 Å². The van der Waals surface area contributed by atoms with Crippen LogP contribution in [0.1, 0.15) is 22.5 Å². The van der Waals surface area contributed by atoms with Crippen LogP contribution in [-0.2, 0) is 11.2 Å². The van der Waals surface area contributed by atoms with E-state index in [2.05, 4.69) is 21.4 Å². The van der Waals surface area contributed by atoms with Crippen molar-refractivity contribution in [1.82, 2.24) is 4.68 Å². The van der Waals surface area contributed by atoms with Gasteiger partial charge in [0.1, 0.15) is 0 Å². The molecule has 0 bridgehead atoms. The van der Waals surface area contributed by atoms with Gasteiger partial charge in [-0.2, -0.15) is 0 Å². The first-order chi connectivity index (χ1) is 14.4. The van der Waals surface area contributed by atoms with Gasteiger partial charge >= 0.3 is 5.97 Å². The number of benzene rings is 2. The van der Waals surface area contributed by atoms with Crippen molar-refractivity contribution in [3.05, 3.63) is 70.3 Å². The van der Waals surface area contributed by atoms with Gasteiger partial charge in [-0.1, -0.05) is 28.1 Å². The van der Waals surface area contributed by atoms with Crippen LogP contribution in [-0.4, -0.2) is 35.9 Å². The molecule has 1 amide bonds. The second-order valence-corrected chi connectivity index (χ2v) is 7.37. The number of hydrogen-bond donors (Lipinski definition) is 2. The summed E-state index contributed by atoms with van der Waals surface area (Å²) in [7, 11) is 3.03. The van der Waals surface area contributed by atoms with Crippen LogP contribution in [0.2, 0.25) is 0 Å². The molecule has 0 aliphatic rings. The van der Waals surface area contributed by atoms with Crippen LogP contribution in [0.15, 0.2) is 59.1 Å². The van der Waals surface area contributed by atoms with Crippen LogP contribution in [0.4, 0.5) is 0 Å². The molecule has 0 aliphatic heterocycles. The number of nitrogens with zero attached hydrogens (tertiary/aromatic N) is 1. The number of methoxy groups -OCH3 is 2. The monoisotopic (exact) mass is 472 g/mol. The lowest BCUT2D eigenvalue weighted by Gasteiger charge is -2.16. The Kier molecular flexibility index (Phi) is 6.79. The summed E-state index contributed by atoms with van der Waals surface area (Å²) in [5, 5.41) is 9.06. The van der Waals surface area contributed by atoms with Gasteiger partial charge in [-0.3, -0.25) is 19.7 Å². The zero-order valence-corrected chi connectivity index (χ0v) is 18.1. The SMILES string of the molecule is COc1ccc(C(=O)Nn2c(CCC(=O)O)ccc2-c2ccc(Br)cc2)cc1OC. The first-order valence-electron chi connectivity index (χ1n) is 9.14. The van der Waals surface area contributed by atoms with Crippen molar-refractivity contribution in [1.29, 1.82) is 0 Å². The number of carbonyl (C=O) groups is 2. The Hall–Kier alpha value is -3.26. The predicted molar refractivity (Wildman–Crippen MR) is 117 cm³/mol. The van der Waals surface area contributed by atoms with E-state index in [-0.39, 0.29) is 18.7 Å². The number of aliphatic carboxylic acids is 1. The van der Waals surface area contributed by atoms with Crippen LogP contribution in [0.3, 0.4) is 0 Å². The Labute approximate surface area is 182 Å². The smallest absolute Gasteiger partial charge is 0.303 e. The fourth-order valence-corrected chi connectivity index (χ4v) is 3.29. The molecular weight excluding hydrogens is 452 g/mol. The summed E-state index contributed by atoms with van der Waals surface area (Å²) in [5.74, 6) is -0.300. The van der Waals surface area contributed by atoms with Crippen LogP contribution in [0, 0.1) is 0 Å². The van der Waals surface area contributed by atoms with E-state index in [1.54, 1.807) is 22.9 Å². The summed E-state index contributed by atoms with van der Waals surface area (Å²) in [6.45, 7) is 0. The third-order valence-corrected chi connectivity index (χ3v) is 5.08. The minimum Gasteiger partial charge on any atom is -0.493 e. The summed E-state index contributed by atoms with van der Waals surface area (Å²) in [6.07, 6.45) is 0.230. The van der Waals surface area contributed by atoms with Gasteiger partial charge in [0.05, 0.1) is 26.3 Å². The Morgan fingerprint density at radius 3 is 2.33 bits per heavy atom. The first kappa shape index (κ1) is 21.4. The van der Waals surface area contributed by atoms with E-state index >= 15 is 0 Å². The van der Waals surface area contributed by atoms with E-state index in [0.29, 0.717) is 22.8 Å². The lowest BCUT2D eigenvalue weighted by Crippen LogP contribution is -2.25. The molecular formula is C22H21BrN2O5. The molecule has 1 heterocycles. The molecule has 30 heavy (non-hydrogen) atoms. The van der Waals surface area contributed by atoms with E-state index in [0.717, 1.165) is 15.7 Å². The summed E-state index contributed by atoms with van der Waals surface area (Å²) >= 11 is 3.41. The van der Waals surface area contributed by atoms with Crippen LogP contribution in [0.5, 0.6) is 11.5 Å². The minimum absolute atomic E-state index is 0.0456. The lowest BCUT2D eigenvalue weighted by molar-refractivity contribution is -0.136. The molecule has 0 radical (unpaired) electrons. The molecule has 1 aromatic heterocycles. The number of rotatable bonds is 8. The maximum atomic E-state index is 13.0. The number of ether oxygens (including phenoxy) is 2. The summed E-state index contributed by atoms with van der Waals surface area (Å²) in [5.41, 5.74) is 5.57. The van der Waals surface area contributed by atoms with Crippen molar-refractivity contribution in [2.24, 2.45) is 0 Å². The number of amides is 1. The zero-order valence-electron chi connectivity index (χ0n) is 16.5. The van der Waals surface area contributed by atoms with Crippen molar-refractivity contribution < 1.29 is 24.2 Å². The Balaban J connectivity index is 1.96. The molecule has 2 aromatic carbocycles. The predicted octanol–water partition coefficient (Wildman–Crippen LogP) is 4.34. The summed E-state index contributed by atoms with van der Waals surface area (Å²) in [4.78, 5) is 24.0. The topological polar surface area (TPSA) is 89.8 Å². The standard InChI is InChI=1S/C22H21BrN2O5/c1-29-19-11-5-15(13-20(19)30-2)22(28)24-25-17(9-12-21(26)27)8-10-18(25)14-3-6-16(23)7-4-14/h3-8,10-11,13H,9,12H2,1-2H3,(H,24,28)(H,26,27). The summed E-state index contributed by atoms with van der Waals surface area (Å²) in [6, 6.07) is 16.2. The third-order valence-electron chi connectivity index (χ3n) is 4.56. The average molecular weight is 473 g/mol. The number of hydrogen-bond acceptors (Lipinski definition) is 4. The van der Waals surface area contributed by atoms with Gasteiger partial charge in [0.25, 0.3) is 5.91 Å². The van der Waals surface area contributed by atoms with Crippen molar-refractivity contribution in [2.75, 3.05) is 19.6 Å². The zero-order chi connectivity index (χ0) is 21.7. The molecule has 7 nitrogen and oxygen atoms in total. The van der Waals surface area contributed by atoms with Gasteiger partial charge in [0.2, 0.25) is 0 Å². The maximum absolute atomic E-state index is 13.0. The van der Waals surface area contributed by atoms with E-state index < -0.39 is 5.97 Å². The quantitative estimate of drug-likeness (QED) is 0.508. The molecule has 0 atom stereocenters. The Morgan fingerprint density at radius 1 is 1.00 bits per heavy atom. The normalized spacial score (nSPS) is 10.5. The van der Waals surface area contributed by atoms with Crippen LogP contribution < -0.4 is 14.9 Å². The van der Waals surface area contributed by atoms with Gasteiger partial charge in [0, 0.05) is 27.7 Å². The molecule has 0 unspecified atom stereocenters. The van der Waals surface area contributed by atoms with Gasteiger partial charge in [-0.05, 0) is 42.5 Å². The molecule has 8 heteroatoms. The fraction of sp³-hybridized carbons (Fsp3) is 0.182. The summed E-state index contributed by atoms with van der Waals surface area (Å²) < 4.78 is 13.1. The second-order valence-electron chi connectivity index (χ2n) is 6.46. The van der Waals surface area contributed by atoms with Gasteiger partial charge in [-0.25, -0.2) is 0 Å². The number of aromatic nitrogens is 1. The highest BCUT2D eigenvalue weighted by Gasteiger charge is 2.16. The van der Waals surface area contributed by atoms with E-state index in [9.17, 15) is 9.59 Å². The van der Waals surface area contributed by atoms with Gasteiger partial charge in [0.15, 0.2) is 11.5 Å². The minimum atomic E-state index is -0.904. The second kappa shape index (κ2) is 9.49. The average Bonchev–Trinajstić information content (AvgIpc) is 3.14. The maximum Gasteiger partial charge on any atom is 0.303 e. The molecule has 3 aromatic rings. The molecule has 0 spiro atoms. The number of aryl methyl sites for hydroxylation is 1. The van der Waals surface area contributed by atoms with E-state index in [4.69, 9.17) is 14.6 Å². The van der Waals surface area contributed by atoms with E-state index in [1.807, 2.05) is 36.4 Å². The van der Waals surface area contributed by atoms with Crippen molar-refractivity contribution in [3.63, 3.8) is 0 Å². The largest absolute Gasteiger partial charge is 0.493 e. The highest BCUT2D eigenvalue weighted by Crippen LogP contribution is 2.28. The van der Waals surface area contributed by atoms with Crippen LogP contribution >= 0.6 is 15.9 Å². The fourth-order valence-electron chi connectivity index (χ4n) is 3.03. The number of carboxylic acids is 1. The Morgan fingerprint density at radius 2 is 1.70 bits per heavy atom. The van der Waals surface area contributed by atoms with Crippen LogP contribution in [0.25, 0.3) is 11.3 Å². The molecule has 0 saturated heterocycles. The number of carbonyl (C=O) groups excluding carboxylic acids is 1. The molecule has 2 N–H and O–H groups in total. The molecule has 3 rings (SSSR count). The number of halogens is 1. The lowest BCUT2D eigenvalue weighted by atomic mass is 10.1.